The third-order valence-electron chi connectivity index (χ3n) is 6.37. The molecule has 3 aromatic heterocycles. The number of nitrogens with zero attached hydrogens (tertiary/aromatic N) is 4. The van der Waals surface area contributed by atoms with Crippen LogP contribution in [0.15, 0.2) is 59.7 Å². The van der Waals surface area contributed by atoms with Gasteiger partial charge >= 0.3 is 0 Å². The number of benzene rings is 1. The second-order valence-corrected chi connectivity index (χ2v) is 8.67. The van der Waals surface area contributed by atoms with Gasteiger partial charge in [0.2, 0.25) is 0 Å². The van der Waals surface area contributed by atoms with Crippen molar-refractivity contribution in [2.24, 2.45) is 0 Å². The predicted molar refractivity (Wildman–Crippen MR) is 127 cm³/mol. The van der Waals surface area contributed by atoms with Crippen LogP contribution in [-0.4, -0.2) is 32.6 Å². The van der Waals surface area contributed by atoms with E-state index in [0.29, 0.717) is 17.1 Å². The van der Waals surface area contributed by atoms with Crippen molar-refractivity contribution in [3.63, 3.8) is 0 Å². The zero-order valence-electron chi connectivity index (χ0n) is 19.0. The highest BCUT2D eigenvalue weighted by Crippen LogP contribution is 2.32. The Hall–Kier alpha value is -3.52. The minimum absolute atomic E-state index is 0.221. The van der Waals surface area contributed by atoms with E-state index in [1.165, 1.54) is 16.2 Å². The van der Waals surface area contributed by atoms with Crippen LogP contribution < -0.4 is 10.3 Å². The Labute approximate surface area is 196 Å². The van der Waals surface area contributed by atoms with E-state index >= 15 is 0 Å². The Balaban J connectivity index is 1.42. The summed E-state index contributed by atoms with van der Waals surface area (Å²) in [4.78, 5) is 19.1. The van der Waals surface area contributed by atoms with Crippen molar-refractivity contribution in [2.75, 3.05) is 13.6 Å². The molecule has 0 amide bonds. The Kier molecular flexibility index (Phi) is 6.15. The zero-order chi connectivity index (χ0) is 23.7. The molecule has 8 heteroatoms. The van der Waals surface area contributed by atoms with Crippen LogP contribution in [0.25, 0.3) is 16.6 Å². The molecular weight excluding hydrogens is 438 g/mol. The number of alkyl halides is 2. The molecular formula is C26H26F2N4O2. The first-order valence-electron chi connectivity index (χ1n) is 11.3. The highest BCUT2D eigenvalue weighted by atomic mass is 19.1. The SMILES string of the molecule is CN1CCCc2c(c3ccc(-n4ccc(OCc5ccc(CF)nc5)cc4=O)cc3n2CF)C1. The maximum absolute atomic E-state index is 14.1. The fourth-order valence-corrected chi connectivity index (χ4v) is 4.63. The molecule has 4 aromatic rings. The summed E-state index contributed by atoms with van der Waals surface area (Å²) >= 11 is 0. The summed E-state index contributed by atoms with van der Waals surface area (Å²) in [5.41, 5.74) is 4.59. The molecule has 0 saturated heterocycles. The van der Waals surface area contributed by atoms with E-state index in [1.807, 2.05) is 18.2 Å². The number of hydrogen-bond acceptors (Lipinski definition) is 4. The molecule has 0 bridgehead atoms. The maximum Gasteiger partial charge on any atom is 0.258 e. The predicted octanol–water partition coefficient (Wildman–Crippen LogP) is 4.54. The summed E-state index contributed by atoms with van der Waals surface area (Å²) in [5, 5.41) is 1.03. The van der Waals surface area contributed by atoms with Gasteiger partial charge in [0.05, 0.1) is 16.9 Å². The van der Waals surface area contributed by atoms with E-state index in [1.54, 1.807) is 35.2 Å². The molecule has 0 unspecified atom stereocenters. The van der Waals surface area contributed by atoms with Crippen LogP contribution in [0.3, 0.4) is 0 Å². The molecule has 1 aliphatic heterocycles. The van der Waals surface area contributed by atoms with Gasteiger partial charge < -0.3 is 14.2 Å². The number of halogens is 2. The van der Waals surface area contributed by atoms with Gasteiger partial charge in [0, 0.05) is 41.6 Å². The standard InChI is InChI=1S/C26H26F2N4O2/c1-30-9-2-3-24-23(15-30)22-7-6-20(11-25(22)32(24)17-28)31-10-8-21(12-26(31)33)34-16-18-4-5-19(13-27)29-14-18/h4-8,10-12,14H,2-3,9,13,15-17H2,1H3. The van der Waals surface area contributed by atoms with Gasteiger partial charge in [-0.25, -0.2) is 8.78 Å². The van der Waals surface area contributed by atoms with Gasteiger partial charge in [-0.1, -0.05) is 12.1 Å². The van der Waals surface area contributed by atoms with E-state index in [-0.39, 0.29) is 12.2 Å². The second-order valence-electron chi connectivity index (χ2n) is 8.67. The molecule has 34 heavy (non-hydrogen) atoms. The summed E-state index contributed by atoms with van der Waals surface area (Å²) in [5.74, 6) is 0.429. The van der Waals surface area contributed by atoms with Gasteiger partial charge in [-0.05, 0) is 56.3 Å². The highest BCUT2D eigenvalue weighted by molar-refractivity contribution is 5.87. The van der Waals surface area contributed by atoms with Crippen molar-refractivity contribution in [2.45, 2.75) is 39.5 Å². The Morgan fingerprint density at radius 3 is 2.74 bits per heavy atom. The van der Waals surface area contributed by atoms with E-state index in [0.717, 1.165) is 48.1 Å². The summed E-state index contributed by atoms with van der Waals surface area (Å²) < 4.78 is 35.7. The van der Waals surface area contributed by atoms with Crippen molar-refractivity contribution in [1.82, 2.24) is 19.0 Å². The number of ether oxygens (including phenoxy) is 1. The number of rotatable bonds is 6. The molecule has 0 N–H and O–H groups in total. The van der Waals surface area contributed by atoms with Gasteiger partial charge in [-0.3, -0.25) is 14.3 Å². The lowest BCUT2D eigenvalue weighted by molar-refractivity contribution is 0.304. The van der Waals surface area contributed by atoms with Crippen LogP contribution in [0.1, 0.15) is 28.9 Å². The molecule has 0 spiro atoms. The lowest BCUT2D eigenvalue weighted by Gasteiger charge is -2.13. The van der Waals surface area contributed by atoms with E-state index in [2.05, 4.69) is 16.9 Å². The number of pyridine rings is 2. The molecule has 6 nitrogen and oxygen atoms in total. The first-order valence-corrected chi connectivity index (χ1v) is 11.3. The maximum atomic E-state index is 14.1. The Morgan fingerprint density at radius 1 is 1.12 bits per heavy atom. The topological polar surface area (TPSA) is 52.3 Å². The van der Waals surface area contributed by atoms with E-state index in [4.69, 9.17) is 4.74 Å². The molecule has 4 heterocycles. The van der Waals surface area contributed by atoms with Gasteiger partial charge in [0.1, 0.15) is 19.0 Å². The van der Waals surface area contributed by atoms with Crippen LogP contribution in [0.2, 0.25) is 0 Å². The summed E-state index contributed by atoms with van der Waals surface area (Å²) in [7, 11) is 2.08. The smallest absolute Gasteiger partial charge is 0.258 e. The highest BCUT2D eigenvalue weighted by Gasteiger charge is 2.21. The quantitative estimate of drug-likeness (QED) is 0.421. The Morgan fingerprint density at radius 2 is 2.00 bits per heavy atom. The Bertz CT molecular complexity index is 1380. The number of hydrogen-bond donors (Lipinski definition) is 0. The first-order chi connectivity index (χ1) is 16.6. The van der Waals surface area contributed by atoms with Gasteiger partial charge in [-0.15, -0.1) is 0 Å². The monoisotopic (exact) mass is 464 g/mol. The van der Waals surface area contributed by atoms with Crippen molar-refractivity contribution in [3.05, 3.63) is 87.7 Å². The van der Waals surface area contributed by atoms with Crippen LogP contribution >= 0.6 is 0 Å². The molecule has 0 aliphatic carbocycles. The summed E-state index contributed by atoms with van der Waals surface area (Å²) in [6, 6.07) is 12.3. The first kappa shape index (κ1) is 22.3. The summed E-state index contributed by atoms with van der Waals surface area (Å²) in [6.45, 7) is 0.793. The van der Waals surface area contributed by atoms with Gasteiger partial charge in [0.15, 0.2) is 6.80 Å². The number of fused-ring (bicyclic) bond motifs is 3. The lowest BCUT2D eigenvalue weighted by atomic mass is 10.1. The minimum atomic E-state index is -0.610. The average Bonchev–Trinajstić information content (AvgIpc) is 3.00. The van der Waals surface area contributed by atoms with Crippen molar-refractivity contribution in [1.29, 1.82) is 0 Å². The largest absolute Gasteiger partial charge is 0.489 e. The normalized spacial score (nSPS) is 14.2. The fourth-order valence-electron chi connectivity index (χ4n) is 4.63. The van der Waals surface area contributed by atoms with Gasteiger partial charge in [-0.2, -0.15) is 0 Å². The second kappa shape index (κ2) is 9.38. The van der Waals surface area contributed by atoms with Crippen LogP contribution in [0.5, 0.6) is 5.75 Å². The third kappa shape index (κ3) is 4.21. The van der Waals surface area contributed by atoms with Crippen LogP contribution in [0.4, 0.5) is 8.78 Å². The number of aromatic nitrogens is 3. The fraction of sp³-hybridized carbons (Fsp3) is 0.308. The van der Waals surface area contributed by atoms with Crippen molar-refractivity contribution < 1.29 is 13.5 Å². The molecule has 0 fully saturated rings. The molecule has 176 valence electrons. The van der Waals surface area contributed by atoms with Crippen LogP contribution in [0, 0.1) is 0 Å². The van der Waals surface area contributed by atoms with Gasteiger partial charge in [0.25, 0.3) is 5.56 Å². The lowest BCUT2D eigenvalue weighted by Crippen LogP contribution is -2.17. The molecule has 1 aliphatic rings. The summed E-state index contributed by atoms with van der Waals surface area (Å²) in [6.07, 6.45) is 5.05. The molecule has 0 atom stereocenters. The van der Waals surface area contributed by atoms with Crippen molar-refractivity contribution in [3.8, 4) is 11.4 Å². The minimum Gasteiger partial charge on any atom is -0.489 e. The molecule has 5 rings (SSSR count). The molecule has 1 aromatic carbocycles. The van der Waals surface area contributed by atoms with E-state index in [9.17, 15) is 13.6 Å². The molecule has 0 saturated carbocycles. The van der Waals surface area contributed by atoms with Crippen molar-refractivity contribution >= 4 is 10.9 Å². The third-order valence-corrected chi connectivity index (χ3v) is 6.37. The van der Waals surface area contributed by atoms with Crippen LogP contribution in [-0.2, 0) is 33.0 Å². The zero-order valence-corrected chi connectivity index (χ0v) is 19.0. The van der Waals surface area contributed by atoms with E-state index < -0.39 is 13.5 Å². The average molecular weight is 465 g/mol. The molecule has 0 radical (unpaired) electrons.